The van der Waals surface area contributed by atoms with Gasteiger partial charge in [-0.05, 0) is 54.7 Å². The SMILES string of the molecule is O=C(/C=C/c1ccc(C(=O)N(CCc2c[nH]c3ccccc23)C(=O)C2CCCC2)cc1)NO. The molecule has 3 amide bonds. The molecule has 1 aromatic heterocycles. The molecule has 7 nitrogen and oxygen atoms in total. The summed E-state index contributed by atoms with van der Waals surface area (Å²) in [5.74, 6) is -1.15. The molecule has 1 heterocycles. The molecule has 4 rings (SSSR count). The third-order valence-corrected chi connectivity index (χ3v) is 6.19. The Kier molecular flexibility index (Phi) is 7.00. The molecule has 3 N–H and O–H groups in total. The summed E-state index contributed by atoms with van der Waals surface area (Å²) in [7, 11) is 0. The number of amides is 3. The fraction of sp³-hybridized carbons (Fsp3) is 0.269. The molecule has 0 atom stereocenters. The Morgan fingerprint density at radius 1 is 1.06 bits per heavy atom. The summed E-state index contributed by atoms with van der Waals surface area (Å²) in [6, 6.07) is 14.7. The van der Waals surface area contributed by atoms with Gasteiger partial charge in [-0.25, -0.2) is 5.48 Å². The third-order valence-electron chi connectivity index (χ3n) is 6.19. The Morgan fingerprint density at radius 2 is 1.79 bits per heavy atom. The van der Waals surface area contributed by atoms with Crippen molar-refractivity contribution >= 4 is 34.7 Å². The molecule has 33 heavy (non-hydrogen) atoms. The van der Waals surface area contributed by atoms with Crippen LogP contribution < -0.4 is 5.48 Å². The summed E-state index contributed by atoms with van der Waals surface area (Å²) in [5.41, 5.74) is 4.75. The van der Waals surface area contributed by atoms with E-state index in [-0.39, 0.29) is 17.7 Å². The van der Waals surface area contributed by atoms with Crippen LogP contribution in [0.5, 0.6) is 0 Å². The first-order chi connectivity index (χ1) is 16.1. The number of aromatic amines is 1. The number of benzene rings is 2. The van der Waals surface area contributed by atoms with E-state index >= 15 is 0 Å². The number of carbonyl (C=O) groups excluding carboxylic acids is 3. The standard InChI is InChI=1S/C26H27N3O4/c30-24(28-33)14-11-18-9-12-20(13-10-18)26(32)29(25(31)19-5-1-2-6-19)16-15-21-17-27-23-8-4-3-7-22(21)23/h3-4,7-14,17,19,27,33H,1-2,5-6,15-16H2,(H,28,30)/b14-11+. The van der Waals surface area contributed by atoms with E-state index in [2.05, 4.69) is 4.98 Å². The predicted octanol–water partition coefficient (Wildman–Crippen LogP) is 4.09. The highest BCUT2D eigenvalue weighted by Crippen LogP contribution is 2.28. The Balaban J connectivity index is 1.53. The van der Waals surface area contributed by atoms with Crippen molar-refractivity contribution in [2.45, 2.75) is 32.1 Å². The van der Waals surface area contributed by atoms with Crippen LogP contribution in [-0.4, -0.2) is 39.4 Å². The average Bonchev–Trinajstić information content (AvgIpc) is 3.53. The van der Waals surface area contributed by atoms with Gasteiger partial charge in [-0.3, -0.25) is 24.5 Å². The van der Waals surface area contributed by atoms with Crippen molar-refractivity contribution in [2.24, 2.45) is 5.92 Å². The van der Waals surface area contributed by atoms with Gasteiger partial charge in [0.1, 0.15) is 0 Å². The summed E-state index contributed by atoms with van der Waals surface area (Å²) >= 11 is 0. The predicted molar refractivity (Wildman–Crippen MR) is 125 cm³/mol. The molecule has 0 unspecified atom stereocenters. The number of fused-ring (bicyclic) bond motifs is 1. The van der Waals surface area contributed by atoms with Crippen LogP contribution >= 0.6 is 0 Å². The summed E-state index contributed by atoms with van der Waals surface area (Å²) in [6.07, 6.45) is 8.92. The Bertz CT molecular complexity index is 1170. The molecule has 7 heteroatoms. The van der Waals surface area contributed by atoms with Crippen molar-refractivity contribution in [1.29, 1.82) is 0 Å². The lowest BCUT2D eigenvalue weighted by Gasteiger charge is -2.24. The van der Waals surface area contributed by atoms with Crippen LogP contribution in [-0.2, 0) is 16.0 Å². The van der Waals surface area contributed by atoms with Crippen molar-refractivity contribution in [3.8, 4) is 0 Å². The maximum Gasteiger partial charge on any atom is 0.267 e. The highest BCUT2D eigenvalue weighted by molar-refractivity contribution is 6.05. The van der Waals surface area contributed by atoms with Gasteiger partial charge >= 0.3 is 0 Å². The van der Waals surface area contributed by atoms with Gasteiger partial charge in [0.05, 0.1) is 0 Å². The number of hydrogen-bond donors (Lipinski definition) is 3. The number of imide groups is 1. The summed E-state index contributed by atoms with van der Waals surface area (Å²) in [6.45, 7) is 0.314. The average molecular weight is 446 g/mol. The zero-order valence-corrected chi connectivity index (χ0v) is 18.3. The highest BCUT2D eigenvalue weighted by Gasteiger charge is 2.31. The molecule has 1 fully saturated rings. The molecule has 3 aromatic rings. The van der Waals surface area contributed by atoms with Gasteiger partial charge in [-0.2, -0.15) is 0 Å². The minimum Gasteiger partial charge on any atom is -0.361 e. The van der Waals surface area contributed by atoms with Gasteiger partial charge in [0.2, 0.25) is 5.91 Å². The third kappa shape index (κ3) is 5.21. The number of H-pyrrole nitrogens is 1. The van der Waals surface area contributed by atoms with E-state index in [1.807, 2.05) is 30.5 Å². The Hall–Kier alpha value is -3.71. The number of carbonyl (C=O) groups is 3. The summed E-state index contributed by atoms with van der Waals surface area (Å²) in [5, 5.41) is 9.67. The van der Waals surface area contributed by atoms with Crippen LogP contribution in [0.2, 0.25) is 0 Å². The molecule has 2 aromatic carbocycles. The lowest BCUT2D eigenvalue weighted by molar-refractivity contribution is -0.132. The van der Waals surface area contributed by atoms with Crippen LogP contribution in [0.3, 0.4) is 0 Å². The number of nitrogens with zero attached hydrogens (tertiary/aromatic N) is 1. The lowest BCUT2D eigenvalue weighted by atomic mass is 10.0. The first-order valence-corrected chi connectivity index (χ1v) is 11.2. The largest absolute Gasteiger partial charge is 0.361 e. The van der Waals surface area contributed by atoms with Crippen molar-refractivity contribution in [3.05, 3.63) is 77.5 Å². The molecule has 1 aliphatic rings. The molecule has 0 aliphatic heterocycles. The quantitative estimate of drug-likeness (QED) is 0.221. The lowest BCUT2D eigenvalue weighted by Crippen LogP contribution is -2.41. The molecule has 1 aliphatic carbocycles. The van der Waals surface area contributed by atoms with Crippen LogP contribution in [0.4, 0.5) is 0 Å². The van der Waals surface area contributed by atoms with E-state index in [9.17, 15) is 14.4 Å². The van der Waals surface area contributed by atoms with E-state index < -0.39 is 5.91 Å². The first kappa shape index (κ1) is 22.5. The van der Waals surface area contributed by atoms with E-state index in [0.29, 0.717) is 24.1 Å². The van der Waals surface area contributed by atoms with Gasteiger partial charge in [0, 0.05) is 41.2 Å². The number of aromatic nitrogens is 1. The monoisotopic (exact) mass is 445 g/mol. The number of rotatable bonds is 7. The number of para-hydroxylation sites is 1. The van der Waals surface area contributed by atoms with Gasteiger partial charge in [0.15, 0.2) is 0 Å². The van der Waals surface area contributed by atoms with E-state index in [4.69, 9.17) is 5.21 Å². The van der Waals surface area contributed by atoms with Crippen LogP contribution in [0, 0.1) is 5.92 Å². The van der Waals surface area contributed by atoms with Gasteiger partial charge < -0.3 is 4.98 Å². The second-order valence-electron chi connectivity index (χ2n) is 8.32. The summed E-state index contributed by atoms with van der Waals surface area (Å²) in [4.78, 5) is 42.5. The van der Waals surface area contributed by atoms with Gasteiger partial charge in [0.25, 0.3) is 11.8 Å². The minimum atomic E-state index is -0.638. The molecule has 1 saturated carbocycles. The zero-order valence-electron chi connectivity index (χ0n) is 18.3. The highest BCUT2D eigenvalue weighted by atomic mass is 16.5. The molecule has 0 saturated heterocycles. The molecule has 0 radical (unpaired) electrons. The number of hydrogen-bond acceptors (Lipinski definition) is 4. The molecular formula is C26H27N3O4. The smallest absolute Gasteiger partial charge is 0.267 e. The topological polar surface area (TPSA) is 103 Å². The maximum absolute atomic E-state index is 13.4. The molecular weight excluding hydrogens is 418 g/mol. The Labute approximate surface area is 192 Å². The number of hydroxylamine groups is 1. The van der Waals surface area contributed by atoms with E-state index in [1.165, 1.54) is 22.5 Å². The fourth-order valence-electron chi connectivity index (χ4n) is 4.38. The minimum absolute atomic E-state index is 0.0964. The van der Waals surface area contributed by atoms with Crippen molar-refractivity contribution in [3.63, 3.8) is 0 Å². The van der Waals surface area contributed by atoms with Crippen molar-refractivity contribution < 1.29 is 19.6 Å². The Morgan fingerprint density at radius 3 is 2.52 bits per heavy atom. The molecule has 170 valence electrons. The number of nitrogens with one attached hydrogen (secondary N) is 2. The van der Waals surface area contributed by atoms with Crippen LogP contribution in [0.1, 0.15) is 47.2 Å². The normalized spacial score (nSPS) is 14.1. The van der Waals surface area contributed by atoms with Gasteiger partial charge in [-0.1, -0.05) is 43.2 Å². The van der Waals surface area contributed by atoms with Crippen LogP contribution in [0.15, 0.2) is 60.8 Å². The van der Waals surface area contributed by atoms with Crippen molar-refractivity contribution in [1.82, 2.24) is 15.4 Å². The van der Waals surface area contributed by atoms with Crippen molar-refractivity contribution in [2.75, 3.05) is 6.54 Å². The molecule has 0 spiro atoms. The maximum atomic E-state index is 13.4. The first-order valence-electron chi connectivity index (χ1n) is 11.2. The second kappa shape index (κ2) is 10.3. The van der Waals surface area contributed by atoms with E-state index in [0.717, 1.165) is 42.1 Å². The van der Waals surface area contributed by atoms with Gasteiger partial charge in [-0.15, -0.1) is 0 Å². The summed E-state index contributed by atoms with van der Waals surface area (Å²) < 4.78 is 0. The van der Waals surface area contributed by atoms with E-state index in [1.54, 1.807) is 24.3 Å². The zero-order chi connectivity index (χ0) is 23.2. The molecule has 0 bridgehead atoms. The second-order valence-corrected chi connectivity index (χ2v) is 8.32. The fourth-order valence-corrected chi connectivity index (χ4v) is 4.38. The van der Waals surface area contributed by atoms with Crippen LogP contribution in [0.25, 0.3) is 17.0 Å².